The van der Waals surface area contributed by atoms with Gasteiger partial charge in [-0.05, 0) is 44.9 Å². The first-order chi connectivity index (χ1) is 15.2. The average molecular weight is 450 g/mol. The number of nitrogens with zero attached hydrogens (tertiary/aromatic N) is 1. The van der Waals surface area contributed by atoms with E-state index in [9.17, 15) is 18.0 Å². The van der Waals surface area contributed by atoms with E-state index in [1.54, 1.807) is 19.9 Å². The van der Waals surface area contributed by atoms with Crippen LogP contribution < -0.4 is 10.1 Å². The number of rotatable bonds is 6. The van der Waals surface area contributed by atoms with Gasteiger partial charge < -0.3 is 19.5 Å². The van der Waals surface area contributed by atoms with Crippen molar-refractivity contribution in [3.05, 3.63) is 64.7 Å². The molecule has 172 valence electrons. The van der Waals surface area contributed by atoms with Crippen molar-refractivity contribution < 1.29 is 32.2 Å². The quantitative estimate of drug-likeness (QED) is 0.526. The summed E-state index contributed by atoms with van der Waals surface area (Å²) in [6.07, 6.45) is -3.67. The Balaban J connectivity index is 2.26. The molecule has 2 unspecified atom stereocenters. The number of fused-ring (bicyclic) bond motifs is 1. The molecule has 2 heterocycles. The van der Waals surface area contributed by atoms with Crippen molar-refractivity contribution in [1.29, 1.82) is 0 Å². The van der Waals surface area contributed by atoms with Crippen LogP contribution in [0.2, 0.25) is 0 Å². The first-order valence-electron chi connectivity index (χ1n) is 10.3. The van der Waals surface area contributed by atoms with Crippen LogP contribution >= 0.6 is 0 Å². The van der Waals surface area contributed by atoms with Gasteiger partial charge in [0.2, 0.25) is 5.88 Å². The van der Waals surface area contributed by atoms with Crippen molar-refractivity contribution in [3.8, 4) is 5.88 Å². The van der Waals surface area contributed by atoms with Crippen LogP contribution in [0, 0.1) is 0 Å². The van der Waals surface area contributed by atoms with E-state index in [-0.39, 0.29) is 29.9 Å². The monoisotopic (exact) mass is 450 g/mol. The highest BCUT2D eigenvalue weighted by molar-refractivity contribution is 5.70. The molecule has 32 heavy (non-hydrogen) atoms. The molecule has 1 aliphatic heterocycles. The molecule has 0 amide bonds. The summed E-state index contributed by atoms with van der Waals surface area (Å²) in [5, 5.41) is 3.09. The largest absolute Gasteiger partial charge is 0.513 e. The lowest BCUT2D eigenvalue weighted by atomic mass is 9.83. The zero-order valence-electron chi connectivity index (χ0n) is 18.2. The number of halogens is 3. The molecule has 0 radical (unpaired) electrons. The molecule has 0 saturated carbocycles. The third kappa shape index (κ3) is 4.81. The second kappa shape index (κ2) is 9.50. The molecule has 1 aliphatic rings. The Kier molecular flexibility index (Phi) is 6.96. The van der Waals surface area contributed by atoms with Gasteiger partial charge in [0.1, 0.15) is 5.76 Å². The number of alkyl halides is 3. The molecular formula is C23H25F3N2O4. The van der Waals surface area contributed by atoms with Crippen LogP contribution in [0.15, 0.2) is 48.0 Å². The van der Waals surface area contributed by atoms with E-state index in [0.29, 0.717) is 23.4 Å². The summed E-state index contributed by atoms with van der Waals surface area (Å²) in [6.45, 7) is 7.05. The van der Waals surface area contributed by atoms with Crippen LogP contribution in [-0.2, 0) is 15.7 Å². The fraction of sp³-hybridized carbons (Fsp3) is 0.391. The predicted octanol–water partition coefficient (Wildman–Crippen LogP) is 6.24. The van der Waals surface area contributed by atoms with Gasteiger partial charge in [-0.15, -0.1) is 0 Å². The van der Waals surface area contributed by atoms with Crippen LogP contribution in [0.5, 0.6) is 5.88 Å². The molecule has 0 spiro atoms. The highest BCUT2D eigenvalue weighted by Gasteiger charge is 2.41. The maximum Gasteiger partial charge on any atom is 0.513 e. The smallest absolute Gasteiger partial charge is 0.474 e. The van der Waals surface area contributed by atoms with E-state index in [4.69, 9.17) is 14.2 Å². The minimum atomic E-state index is -4.62. The molecule has 0 aliphatic carbocycles. The summed E-state index contributed by atoms with van der Waals surface area (Å²) in [5.74, 6) is -0.931. The molecule has 2 aromatic rings. The second-order valence-corrected chi connectivity index (χ2v) is 7.33. The Morgan fingerprint density at radius 3 is 2.59 bits per heavy atom. The summed E-state index contributed by atoms with van der Waals surface area (Å²) in [6, 6.07) is 6.84. The molecule has 9 heteroatoms. The van der Waals surface area contributed by atoms with Crippen molar-refractivity contribution >= 4 is 11.8 Å². The highest BCUT2D eigenvalue weighted by Crippen LogP contribution is 2.49. The molecule has 1 aromatic heterocycles. The van der Waals surface area contributed by atoms with E-state index in [0.717, 1.165) is 6.07 Å². The lowest BCUT2D eigenvalue weighted by Gasteiger charge is -2.32. The maximum atomic E-state index is 13.9. The lowest BCUT2D eigenvalue weighted by Crippen LogP contribution is -2.25. The van der Waals surface area contributed by atoms with Gasteiger partial charge in [0.15, 0.2) is 0 Å². The topological polar surface area (TPSA) is 69.7 Å². The Hall–Kier alpha value is -3.23. The summed E-state index contributed by atoms with van der Waals surface area (Å²) >= 11 is 0. The standard InChI is InChI=1S/C23H25F3N2O4/c1-5-13(3)31-21-19-17(11-12-27-21)28-14(4)20(32-22(29)30-6-2)18(19)15-9-7-8-10-16(15)23(24,25)26/h7-13,18,28H,5-6H2,1-4H3. The molecule has 1 N–H and O–H groups in total. The van der Waals surface area contributed by atoms with Gasteiger partial charge in [-0.2, -0.15) is 13.2 Å². The fourth-order valence-corrected chi connectivity index (χ4v) is 3.50. The van der Waals surface area contributed by atoms with Crippen LogP contribution in [-0.4, -0.2) is 23.9 Å². The molecular weight excluding hydrogens is 425 g/mol. The number of carbonyl (C=O) groups is 1. The molecule has 3 rings (SSSR count). The zero-order chi connectivity index (χ0) is 23.5. The van der Waals surface area contributed by atoms with Crippen molar-refractivity contribution in [2.75, 3.05) is 11.9 Å². The van der Waals surface area contributed by atoms with E-state index in [1.165, 1.54) is 24.4 Å². The number of pyridine rings is 1. The second-order valence-electron chi connectivity index (χ2n) is 7.33. The van der Waals surface area contributed by atoms with Gasteiger partial charge in [0.25, 0.3) is 0 Å². The SMILES string of the molecule is CCOC(=O)OC1=C(C)Nc2ccnc(OC(C)CC)c2C1c1ccccc1C(F)(F)F. The maximum absolute atomic E-state index is 13.9. The third-order valence-corrected chi connectivity index (χ3v) is 5.12. The van der Waals surface area contributed by atoms with Crippen molar-refractivity contribution in [2.24, 2.45) is 0 Å². The van der Waals surface area contributed by atoms with Gasteiger partial charge in [-0.3, -0.25) is 0 Å². The number of anilines is 1. The third-order valence-electron chi connectivity index (χ3n) is 5.12. The summed E-state index contributed by atoms with van der Waals surface area (Å²) in [7, 11) is 0. The van der Waals surface area contributed by atoms with Crippen molar-refractivity contribution in [2.45, 2.75) is 52.3 Å². The molecule has 2 atom stereocenters. The Bertz CT molecular complexity index is 1020. The number of nitrogens with one attached hydrogen (secondary N) is 1. The van der Waals surface area contributed by atoms with Gasteiger partial charge in [0.05, 0.1) is 35.5 Å². The first-order valence-corrected chi connectivity index (χ1v) is 10.3. The number of aromatic nitrogens is 1. The number of benzene rings is 1. The number of hydrogen-bond donors (Lipinski definition) is 1. The zero-order valence-corrected chi connectivity index (χ0v) is 18.2. The van der Waals surface area contributed by atoms with Gasteiger partial charge in [-0.1, -0.05) is 25.1 Å². The van der Waals surface area contributed by atoms with Crippen molar-refractivity contribution in [1.82, 2.24) is 4.98 Å². The Morgan fingerprint density at radius 2 is 1.94 bits per heavy atom. The molecule has 1 aromatic carbocycles. The number of allylic oxidation sites excluding steroid dienone is 2. The highest BCUT2D eigenvalue weighted by atomic mass is 19.4. The van der Waals surface area contributed by atoms with Crippen LogP contribution in [0.3, 0.4) is 0 Å². The first kappa shape index (κ1) is 23.4. The van der Waals surface area contributed by atoms with Gasteiger partial charge >= 0.3 is 12.3 Å². The van der Waals surface area contributed by atoms with E-state index in [1.807, 2.05) is 13.8 Å². The van der Waals surface area contributed by atoms with Gasteiger partial charge in [0, 0.05) is 11.9 Å². The van der Waals surface area contributed by atoms with Crippen LogP contribution in [0.4, 0.5) is 23.7 Å². The average Bonchev–Trinajstić information content (AvgIpc) is 2.74. The normalized spacial score (nSPS) is 16.7. The van der Waals surface area contributed by atoms with E-state index < -0.39 is 23.8 Å². The fourth-order valence-electron chi connectivity index (χ4n) is 3.50. The minimum Gasteiger partial charge on any atom is -0.474 e. The van der Waals surface area contributed by atoms with E-state index in [2.05, 4.69) is 10.3 Å². The molecule has 0 saturated heterocycles. The number of hydrogen-bond acceptors (Lipinski definition) is 6. The van der Waals surface area contributed by atoms with Gasteiger partial charge in [-0.25, -0.2) is 9.78 Å². The van der Waals surface area contributed by atoms with Crippen molar-refractivity contribution in [3.63, 3.8) is 0 Å². The summed E-state index contributed by atoms with van der Waals surface area (Å²) < 4.78 is 58.1. The Morgan fingerprint density at radius 1 is 1.22 bits per heavy atom. The van der Waals surface area contributed by atoms with E-state index >= 15 is 0 Å². The van der Waals surface area contributed by atoms with Crippen LogP contribution in [0.25, 0.3) is 0 Å². The minimum absolute atomic E-state index is 0.00495. The summed E-state index contributed by atoms with van der Waals surface area (Å²) in [4.78, 5) is 16.4. The lowest BCUT2D eigenvalue weighted by molar-refractivity contribution is -0.138. The summed E-state index contributed by atoms with van der Waals surface area (Å²) in [5.41, 5.74) is 0.342. The number of ether oxygens (including phenoxy) is 3. The molecule has 0 bridgehead atoms. The molecule has 6 nitrogen and oxygen atoms in total. The van der Waals surface area contributed by atoms with Crippen LogP contribution in [0.1, 0.15) is 56.7 Å². The molecule has 0 fully saturated rings. The number of carbonyl (C=O) groups excluding carboxylic acids is 1. The predicted molar refractivity (Wildman–Crippen MR) is 112 cm³/mol. The Labute approximate surface area is 184 Å².